The summed E-state index contributed by atoms with van der Waals surface area (Å²) < 4.78 is 5.55. The van der Waals surface area contributed by atoms with Crippen LogP contribution < -0.4 is 10.6 Å². The third kappa shape index (κ3) is 4.03. The van der Waals surface area contributed by atoms with Gasteiger partial charge in [-0.15, -0.1) is 5.10 Å². The molecule has 3 rings (SSSR count). The van der Waals surface area contributed by atoms with Crippen molar-refractivity contribution in [2.45, 2.75) is 18.9 Å². The monoisotopic (exact) mass is 305 g/mol. The Balaban J connectivity index is 1.60. The van der Waals surface area contributed by atoms with E-state index in [9.17, 15) is 0 Å². The quantitative estimate of drug-likeness (QED) is 0.885. The normalized spacial score (nSPS) is 17.7. The van der Waals surface area contributed by atoms with Crippen molar-refractivity contribution in [3.8, 4) is 0 Å². The number of rotatable bonds is 5. The number of anilines is 3. The molecule has 1 aromatic heterocycles. The first kappa shape index (κ1) is 14.0. The Labute approximate surface area is 127 Å². The van der Waals surface area contributed by atoms with E-state index >= 15 is 0 Å². The van der Waals surface area contributed by atoms with E-state index in [-0.39, 0.29) is 6.10 Å². The highest BCUT2D eigenvalue weighted by Gasteiger charge is 2.15. The van der Waals surface area contributed by atoms with Crippen LogP contribution in [-0.4, -0.2) is 34.4 Å². The molecule has 1 aliphatic heterocycles. The molecule has 1 aliphatic rings. The Hall–Kier alpha value is -1.92. The molecule has 1 atom stereocenters. The molecule has 0 spiro atoms. The van der Waals surface area contributed by atoms with Gasteiger partial charge in [0, 0.05) is 23.9 Å². The van der Waals surface area contributed by atoms with Crippen molar-refractivity contribution in [2.24, 2.45) is 0 Å². The van der Waals surface area contributed by atoms with Gasteiger partial charge < -0.3 is 15.4 Å². The van der Waals surface area contributed by atoms with Crippen LogP contribution in [0.15, 0.2) is 30.5 Å². The molecule has 21 heavy (non-hydrogen) atoms. The molecule has 6 nitrogen and oxygen atoms in total. The summed E-state index contributed by atoms with van der Waals surface area (Å²) in [5, 5.41) is 14.9. The number of hydrogen-bond donors (Lipinski definition) is 2. The van der Waals surface area contributed by atoms with Crippen LogP contribution in [0.5, 0.6) is 0 Å². The van der Waals surface area contributed by atoms with Crippen LogP contribution in [0.2, 0.25) is 5.02 Å². The van der Waals surface area contributed by atoms with Gasteiger partial charge in [-0.2, -0.15) is 10.1 Å². The van der Waals surface area contributed by atoms with Crippen LogP contribution in [-0.2, 0) is 4.74 Å². The maximum Gasteiger partial charge on any atom is 0.244 e. The number of nitrogens with zero attached hydrogens (tertiary/aromatic N) is 3. The standard InChI is InChI=1S/C14H16ClN5O/c15-10-3-5-11(6-4-10)18-13-9-17-20-14(19-13)16-8-12-2-1-7-21-12/h3-6,9,12H,1-2,7-8H2,(H2,16,18,19,20). The largest absolute Gasteiger partial charge is 0.376 e. The van der Waals surface area contributed by atoms with E-state index in [1.807, 2.05) is 24.3 Å². The second kappa shape index (κ2) is 6.69. The van der Waals surface area contributed by atoms with E-state index in [2.05, 4.69) is 25.8 Å². The van der Waals surface area contributed by atoms with E-state index < -0.39 is 0 Å². The second-order valence-corrected chi connectivity index (χ2v) is 5.25. The SMILES string of the molecule is Clc1ccc(Nc2cnnc(NCC3CCCO3)n2)cc1. The van der Waals surface area contributed by atoms with E-state index in [0.717, 1.165) is 25.1 Å². The van der Waals surface area contributed by atoms with Crippen LogP contribution in [0.4, 0.5) is 17.5 Å². The van der Waals surface area contributed by atoms with E-state index in [0.29, 0.717) is 23.3 Å². The van der Waals surface area contributed by atoms with Crippen LogP contribution in [0, 0.1) is 0 Å². The number of benzene rings is 1. The van der Waals surface area contributed by atoms with Crippen LogP contribution in [0.25, 0.3) is 0 Å². The summed E-state index contributed by atoms with van der Waals surface area (Å²) in [7, 11) is 0. The molecule has 2 heterocycles. The zero-order valence-corrected chi connectivity index (χ0v) is 12.2. The van der Waals surface area contributed by atoms with Crippen molar-refractivity contribution >= 4 is 29.1 Å². The number of ether oxygens (including phenoxy) is 1. The lowest BCUT2D eigenvalue weighted by Gasteiger charge is -2.11. The summed E-state index contributed by atoms with van der Waals surface area (Å²) in [5.41, 5.74) is 0.893. The summed E-state index contributed by atoms with van der Waals surface area (Å²) in [6.45, 7) is 1.54. The molecule has 0 radical (unpaired) electrons. The van der Waals surface area contributed by atoms with Gasteiger partial charge in [-0.25, -0.2) is 0 Å². The molecule has 110 valence electrons. The van der Waals surface area contributed by atoms with Crippen molar-refractivity contribution in [3.05, 3.63) is 35.5 Å². The van der Waals surface area contributed by atoms with E-state index in [4.69, 9.17) is 16.3 Å². The van der Waals surface area contributed by atoms with Crippen LogP contribution in [0.1, 0.15) is 12.8 Å². The van der Waals surface area contributed by atoms with E-state index in [1.165, 1.54) is 0 Å². The highest BCUT2D eigenvalue weighted by atomic mass is 35.5. The smallest absolute Gasteiger partial charge is 0.244 e. The number of nitrogens with one attached hydrogen (secondary N) is 2. The zero-order valence-electron chi connectivity index (χ0n) is 11.4. The Morgan fingerprint density at radius 1 is 1.29 bits per heavy atom. The summed E-state index contributed by atoms with van der Waals surface area (Å²) in [6, 6.07) is 7.39. The first-order valence-corrected chi connectivity index (χ1v) is 7.25. The van der Waals surface area contributed by atoms with Gasteiger partial charge in [0.25, 0.3) is 0 Å². The van der Waals surface area contributed by atoms with Crippen molar-refractivity contribution in [1.82, 2.24) is 15.2 Å². The fourth-order valence-corrected chi connectivity index (χ4v) is 2.26. The van der Waals surface area contributed by atoms with Crippen molar-refractivity contribution < 1.29 is 4.74 Å². The Morgan fingerprint density at radius 3 is 2.90 bits per heavy atom. The van der Waals surface area contributed by atoms with Gasteiger partial charge in [0.2, 0.25) is 5.95 Å². The Kier molecular flexibility index (Phi) is 4.47. The average molecular weight is 306 g/mol. The zero-order chi connectivity index (χ0) is 14.5. The molecule has 2 aromatic rings. The lowest BCUT2D eigenvalue weighted by molar-refractivity contribution is 0.120. The predicted octanol–water partition coefficient (Wildman–Crippen LogP) is 2.86. The molecule has 0 bridgehead atoms. The summed E-state index contributed by atoms with van der Waals surface area (Å²) in [4.78, 5) is 4.37. The molecular formula is C14H16ClN5O. The van der Waals surface area contributed by atoms with Gasteiger partial charge in [0.05, 0.1) is 12.3 Å². The minimum Gasteiger partial charge on any atom is -0.376 e. The molecule has 0 amide bonds. The second-order valence-electron chi connectivity index (χ2n) is 4.81. The van der Waals surface area contributed by atoms with Gasteiger partial charge >= 0.3 is 0 Å². The first-order valence-electron chi connectivity index (χ1n) is 6.87. The molecule has 0 saturated carbocycles. The molecule has 1 saturated heterocycles. The lowest BCUT2D eigenvalue weighted by atomic mass is 10.2. The Bertz CT molecular complexity index is 586. The van der Waals surface area contributed by atoms with Crippen molar-refractivity contribution in [2.75, 3.05) is 23.8 Å². The molecule has 1 aromatic carbocycles. The third-order valence-electron chi connectivity index (χ3n) is 3.19. The summed E-state index contributed by atoms with van der Waals surface area (Å²) in [6.07, 6.45) is 4.00. The topological polar surface area (TPSA) is 72.0 Å². The van der Waals surface area contributed by atoms with Gasteiger partial charge in [0.15, 0.2) is 5.82 Å². The molecule has 7 heteroatoms. The van der Waals surface area contributed by atoms with Crippen LogP contribution >= 0.6 is 11.6 Å². The molecule has 2 N–H and O–H groups in total. The highest BCUT2D eigenvalue weighted by Crippen LogP contribution is 2.18. The maximum atomic E-state index is 5.86. The number of halogens is 1. The minimum absolute atomic E-state index is 0.237. The molecule has 1 unspecified atom stereocenters. The predicted molar refractivity (Wildman–Crippen MR) is 82.0 cm³/mol. The molecule has 1 fully saturated rings. The van der Waals surface area contributed by atoms with E-state index in [1.54, 1.807) is 6.20 Å². The molecular weight excluding hydrogens is 290 g/mol. The first-order chi connectivity index (χ1) is 10.3. The Morgan fingerprint density at radius 2 is 2.14 bits per heavy atom. The number of hydrogen-bond acceptors (Lipinski definition) is 6. The number of aromatic nitrogens is 3. The lowest BCUT2D eigenvalue weighted by Crippen LogP contribution is -2.20. The minimum atomic E-state index is 0.237. The molecule has 0 aliphatic carbocycles. The average Bonchev–Trinajstić information content (AvgIpc) is 3.01. The van der Waals surface area contributed by atoms with Gasteiger partial charge in [-0.3, -0.25) is 0 Å². The van der Waals surface area contributed by atoms with Crippen molar-refractivity contribution in [3.63, 3.8) is 0 Å². The third-order valence-corrected chi connectivity index (χ3v) is 3.44. The van der Waals surface area contributed by atoms with Gasteiger partial charge in [0.1, 0.15) is 0 Å². The fraction of sp³-hybridized carbons (Fsp3) is 0.357. The van der Waals surface area contributed by atoms with Crippen molar-refractivity contribution in [1.29, 1.82) is 0 Å². The maximum absolute atomic E-state index is 5.86. The fourth-order valence-electron chi connectivity index (χ4n) is 2.13. The highest BCUT2D eigenvalue weighted by molar-refractivity contribution is 6.30. The summed E-state index contributed by atoms with van der Waals surface area (Å²) >= 11 is 5.86. The van der Waals surface area contributed by atoms with Crippen LogP contribution in [0.3, 0.4) is 0 Å². The van der Waals surface area contributed by atoms with Gasteiger partial charge in [-0.1, -0.05) is 11.6 Å². The summed E-state index contributed by atoms with van der Waals surface area (Å²) in [5.74, 6) is 1.12. The van der Waals surface area contributed by atoms with Gasteiger partial charge in [-0.05, 0) is 37.1 Å².